The van der Waals surface area contributed by atoms with Crippen LogP contribution in [0.1, 0.15) is 5.56 Å². The fourth-order valence-electron chi connectivity index (χ4n) is 0.823. The number of thiophene rings is 1. The minimum absolute atomic E-state index is 0. The van der Waals surface area contributed by atoms with E-state index >= 15 is 0 Å². The normalized spacial score (nSPS) is 10.9. The van der Waals surface area contributed by atoms with Gasteiger partial charge in [0.2, 0.25) is 0 Å². The Hall–Kier alpha value is 1.21. The molecule has 0 saturated carbocycles. The molecule has 7 heteroatoms. The Morgan fingerprint density at radius 2 is 2.21 bits per heavy atom. The summed E-state index contributed by atoms with van der Waals surface area (Å²) < 4.78 is 30.6. The van der Waals surface area contributed by atoms with Gasteiger partial charge in [-0.15, -0.1) is 0 Å². The zero-order valence-electron chi connectivity index (χ0n) is 7.89. The van der Waals surface area contributed by atoms with Crippen LogP contribution in [-0.4, -0.2) is 25.3 Å². The minimum atomic E-state index is -4.08. The molecule has 4 nitrogen and oxygen atoms in total. The maximum atomic E-state index is 10.2. The summed E-state index contributed by atoms with van der Waals surface area (Å²) in [5.74, 6) is -0.350. The van der Waals surface area contributed by atoms with Crippen LogP contribution in [0.15, 0.2) is 16.8 Å². The molecule has 0 unspecified atom stereocenters. The predicted octanol–water partition coefficient (Wildman–Crippen LogP) is -2.61. The molecule has 14 heavy (non-hydrogen) atoms. The van der Waals surface area contributed by atoms with Crippen LogP contribution in [0, 0.1) is 0 Å². The molecular weight excluding hydrogens is 249 g/mol. The minimum Gasteiger partial charge on any atom is -0.748 e. The van der Waals surface area contributed by atoms with Gasteiger partial charge in [0.1, 0.15) is 0 Å². The van der Waals surface area contributed by atoms with E-state index in [1.807, 2.05) is 16.8 Å². The van der Waals surface area contributed by atoms with E-state index in [-0.39, 0.29) is 63.7 Å². The summed E-state index contributed by atoms with van der Waals surface area (Å²) in [5, 5.41) is 6.79. The zero-order valence-corrected chi connectivity index (χ0v) is 12.7. The maximum Gasteiger partial charge on any atom is 1.00 e. The first-order chi connectivity index (χ1) is 6.08. The molecule has 0 spiro atoms. The molecule has 0 aliphatic rings. The molecule has 0 fully saturated rings. The Labute approximate surface area is 130 Å². The molecule has 0 aliphatic carbocycles. The number of nitrogens with one attached hydrogen (secondary N) is 1. The van der Waals surface area contributed by atoms with Gasteiger partial charge in [-0.1, -0.05) is 0 Å². The van der Waals surface area contributed by atoms with Gasteiger partial charge in [-0.05, 0) is 22.4 Å². The van der Waals surface area contributed by atoms with Crippen LogP contribution in [0.3, 0.4) is 0 Å². The average molecular weight is 259 g/mol. The van der Waals surface area contributed by atoms with Crippen molar-refractivity contribution in [1.29, 1.82) is 0 Å². The van der Waals surface area contributed by atoms with Crippen molar-refractivity contribution in [3.05, 3.63) is 22.4 Å². The zero-order chi connectivity index (χ0) is 9.73. The smallest absolute Gasteiger partial charge is 0.748 e. The van der Waals surface area contributed by atoms with E-state index in [2.05, 4.69) is 5.32 Å². The van der Waals surface area contributed by atoms with Crippen molar-refractivity contribution in [2.24, 2.45) is 0 Å². The average Bonchev–Trinajstić information content (AvgIpc) is 2.48. The van der Waals surface area contributed by atoms with Crippen LogP contribution >= 0.6 is 11.3 Å². The van der Waals surface area contributed by atoms with Crippen LogP contribution in [0.25, 0.3) is 0 Å². The molecule has 1 heterocycles. The summed E-state index contributed by atoms with van der Waals surface area (Å²) in [7, 11) is -4.08. The van der Waals surface area contributed by atoms with Crippen molar-refractivity contribution >= 4 is 21.5 Å². The van der Waals surface area contributed by atoms with E-state index < -0.39 is 10.1 Å². The van der Waals surface area contributed by atoms with Gasteiger partial charge in [0, 0.05) is 13.1 Å². The van der Waals surface area contributed by atoms with Gasteiger partial charge in [-0.25, -0.2) is 8.42 Å². The second-order valence-electron chi connectivity index (χ2n) is 2.57. The molecule has 1 N–H and O–H groups in total. The van der Waals surface area contributed by atoms with E-state index in [0.29, 0.717) is 6.54 Å². The summed E-state index contributed by atoms with van der Waals surface area (Å²) in [6.07, 6.45) is 0. The van der Waals surface area contributed by atoms with Crippen molar-refractivity contribution in [2.45, 2.75) is 6.54 Å². The van der Waals surface area contributed by atoms with E-state index in [1.165, 1.54) is 0 Å². The Balaban J connectivity index is 0.00000169. The second-order valence-corrected chi connectivity index (χ2v) is 4.87. The van der Waals surface area contributed by atoms with Gasteiger partial charge in [0.05, 0.1) is 15.9 Å². The van der Waals surface area contributed by atoms with Gasteiger partial charge in [0.25, 0.3) is 0 Å². The number of hydrogen-bond acceptors (Lipinski definition) is 5. The van der Waals surface area contributed by atoms with Gasteiger partial charge >= 0.3 is 51.4 Å². The molecule has 1 aromatic rings. The van der Waals surface area contributed by atoms with E-state index in [1.54, 1.807) is 11.3 Å². The van der Waals surface area contributed by atoms with Crippen LogP contribution in [0.4, 0.5) is 0 Å². The largest absolute Gasteiger partial charge is 1.00 e. The van der Waals surface area contributed by atoms with Gasteiger partial charge < -0.3 is 9.87 Å². The predicted molar refractivity (Wildman–Crippen MR) is 50.6 cm³/mol. The molecule has 0 saturated heterocycles. The summed E-state index contributed by atoms with van der Waals surface area (Å²) in [6.45, 7) is 0.820. The molecule has 1 rings (SSSR count). The number of hydrogen-bond donors (Lipinski definition) is 1. The van der Waals surface area contributed by atoms with E-state index in [4.69, 9.17) is 0 Å². The maximum absolute atomic E-state index is 10.2. The summed E-state index contributed by atoms with van der Waals surface area (Å²) in [5.41, 5.74) is 1.10. The molecule has 1 aromatic heterocycles. The fourth-order valence-corrected chi connectivity index (χ4v) is 1.89. The topological polar surface area (TPSA) is 69.2 Å². The molecule has 0 aromatic carbocycles. The van der Waals surface area contributed by atoms with Gasteiger partial charge in [-0.3, -0.25) is 0 Å². The standard InChI is InChI=1S/C7H11NO3S2.K/c9-13(10,11)4-2-8-5-7-1-3-12-6-7;/h1,3,6,8H,2,4-5H2,(H,9,10,11);/q;+1/p-1. The molecule has 0 bridgehead atoms. The van der Waals surface area contributed by atoms with Gasteiger partial charge in [0.15, 0.2) is 0 Å². The summed E-state index contributed by atoms with van der Waals surface area (Å²) >= 11 is 1.58. The SMILES string of the molecule is O=S(=O)([O-])CCNCc1ccsc1.[K+]. The molecule has 0 amide bonds. The number of rotatable bonds is 5. The first-order valence-electron chi connectivity index (χ1n) is 3.73. The van der Waals surface area contributed by atoms with E-state index in [9.17, 15) is 13.0 Å². The first kappa shape index (κ1) is 15.2. The Kier molecular flexibility index (Phi) is 8.12. The fraction of sp³-hybridized carbons (Fsp3) is 0.429. The van der Waals surface area contributed by atoms with Crippen LogP contribution in [0.2, 0.25) is 0 Å². The summed E-state index contributed by atoms with van der Waals surface area (Å²) in [4.78, 5) is 0. The van der Waals surface area contributed by atoms with Crippen LogP contribution < -0.4 is 56.7 Å². The third-order valence-electron chi connectivity index (χ3n) is 1.44. The van der Waals surface area contributed by atoms with Crippen molar-refractivity contribution in [3.8, 4) is 0 Å². The van der Waals surface area contributed by atoms with Crippen LogP contribution in [-0.2, 0) is 16.7 Å². The van der Waals surface area contributed by atoms with Crippen LogP contribution in [0.5, 0.6) is 0 Å². The summed E-state index contributed by atoms with van der Waals surface area (Å²) in [6, 6.07) is 1.95. The van der Waals surface area contributed by atoms with Crippen molar-refractivity contribution in [3.63, 3.8) is 0 Å². The molecule has 74 valence electrons. The monoisotopic (exact) mass is 259 g/mol. The molecule has 0 atom stereocenters. The third-order valence-corrected chi connectivity index (χ3v) is 2.87. The van der Waals surface area contributed by atoms with Crippen molar-refractivity contribution in [2.75, 3.05) is 12.3 Å². The van der Waals surface area contributed by atoms with E-state index in [0.717, 1.165) is 5.56 Å². The first-order valence-corrected chi connectivity index (χ1v) is 6.25. The second kappa shape index (κ2) is 7.47. The van der Waals surface area contributed by atoms with Crippen molar-refractivity contribution < 1.29 is 64.4 Å². The Morgan fingerprint density at radius 3 is 2.71 bits per heavy atom. The van der Waals surface area contributed by atoms with Crippen molar-refractivity contribution in [1.82, 2.24) is 5.32 Å². The molecule has 0 aliphatic heterocycles. The molecular formula is C7H10KNO3S2. The molecule has 0 radical (unpaired) electrons. The Bertz CT molecular complexity index is 336. The van der Waals surface area contributed by atoms with Gasteiger partial charge in [-0.2, -0.15) is 11.3 Å². The third kappa shape index (κ3) is 7.49. The quantitative estimate of drug-likeness (QED) is 0.357. The Morgan fingerprint density at radius 1 is 1.50 bits per heavy atom.